The van der Waals surface area contributed by atoms with Crippen molar-refractivity contribution in [3.05, 3.63) is 23.6 Å². The molecule has 0 aliphatic heterocycles. The summed E-state index contributed by atoms with van der Waals surface area (Å²) in [6.45, 7) is 0. The van der Waals surface area contributed by atoms with Gasteiger partial charge in [0.25, 0.3) is 0 Å². The molecule has 0 N–H and O–H groups in total. The second-order valence-corrected chi connectivity index (χ2v) is 3.06. The van der Waals surface area contributed by atoms with E-state index in [4.69, 9.17) is 0 Å². The van der Waals surface area contributed by atoms with Gasteiger partial charge >= 0.3 is 12.4 Å². The molecule has 0 aromatic heterocycles. The highest BCUT2D eigenvalue weighted by atomic mass is 19.4. The third kappa shape index (κ3) is 2.97. The molecule has 0 fully saturated rings. The molecule has 0 aromatic rings. The highest BCUT2D eigenvalue weighted by Gasteiger charge is 2.44. The van der Waals surface area contributed by atoms with Crippen LogP contribution in [0.5, 0.6) is 0 Å². The van der Waals surface area contributed by atoms with Gasteiger partial charge in [0.2, 0.25) is 0 Å². The highest BCUT2D eigenvalue weighted by molar-refractivity contribution is 5.31. The van der Waals surface area contributed by atoms with Crippen molar-refractivity contribution in [2.45, 2.75) is 18.8 Å². The minimum atomic E-state index is -4.96. The fourth-order valence-corrected chi connectivity index (χ4v) is 1.15. The molecular weight excluding hydrogens is 229 g/mol. The number of halogens is 7. The Morgan fingerprint density at radius 2 is 1.60 bits per heavy atom. The fourth-order valence-electron chi connectivity index (χ4n) is 1.15. The Morgan fingerprint density at radius 1 is 1.07 bits per heavy atom. The van der Waals surface area contributed by atoms with Crippen molar-refractivity contribution in [1.82, 2.24) is 0 Å². The zero-order valence-electron chi connectivity index (χ0n) is 7.08. The van der Waals surface area contributed by atoms with E-state index in [1.165, 1.54) is 0 Å². The van der Waals surface area contributed by atoms with Crippen molar-refractivity contribution >= 4 is 0 Å². The summed E-state index contributed by atoms with van der Waals surface area (Å²) in [5, 5.41) is 0. The van der Waals surface area contributed by atoms with E-state index in [1.54, 1.807) is 0 Å². The zero-order chi connectivity index (χ0) is 11.9. The van der Waals surface area contributed by atoms with Gasteiger partial charge in [0.1, 0.15) is 5.83 Å². The Balaban J connectivity index is 3.02. The van der Waals surface area contributed by atoms with Gasteiger partial charge in [-0.1, -0.05) is 6.08 Å². The lowest BCUT2D eigenvalue weighted by molar-refractivity contribution is -0.163. The van der Waals surface area contributed by atoms with E-state index >= 15 is 0 Å². The van der Waals surface area contributed by atoms with E-state index < -0.39 is 36.1 Å². The third-order valence-electron chi connectivity index (χ3n) is 1.86. The predicted octanol–water partition coefficient (Wildman–Crippen LogP) is 3.91. The average Bonchev–Trinajstić information content (AvgIpc) is 1.99. The van der Waals surface area contributed by atoms with Crippen molar-refractivity contribution < 1.29 is 30.7 Å². The lowest BCUT2D eigenvalue weighted by Crippen LogP contribution is -2.25. The molecule has 1 aliphatic carbocycles. The van der Waals surface area contributed by atoms with Gasteiger partial charge in [0.05, 0.1) is 11.5 Å². The van der Waals surface area contributed by atoms with Gasteiger partial charge in [0.15, 0.2) is 0 Å². The molecule has 0 aromatic carbocycles. The summed E-state index contributed by atoms with van der Waals surface area (Å²) in [5.74, 6) is -3.81. The van der Waals surface area contributed by atoms with Gasteiger partial charge in [-0.3, -0.25) is 0 Å². The first-order valence-electron chi connectivity index (χ1n) is 3.82. The largest absolute Gasteiger partial charge is 0.416 e. The third-order valence-corrected chi connectivity index (χ3v) is 1.86. The van der Waals surface area contributed by atoms with Crippen LogP contribution in [0.15, 0.2) is 23.6 Å². The van der Waals surface area contributed by atoms with Crippen LogP contribution >= 0.6 is 0 Å². The molecule has 1 aliphatic rings. The van der Waals surface area contributed by atoms with Gasteiger partial charge in [-0.2, -0.15) is 26.3 Å². The maximum Gasteiger partial charge on any atom is 0.416 e. The van der Waals surface area contributed by atoms with Crippen LogP contribution in [0.25, 0.3) is 0 Å². The summed E-state index contributed by atoms with van der Waals surface area (Å²) in [5.41, 5.74) is -1.59. The van der Waals surface area contributed by atoms with Crippen LogP contribution in [0.2, 0.25) is 0 Å². The maximum absolute atomic E-state index is 12.6. The molecule has 0 saturated carbocycles. The van der Waals surface area contributed by atoms with E-state index in [2.05, 4.69) is 0 Å². The molecule has 1 rings (SSSR count). The van der Waals surface area contributed by atoms with Crippen molar-refractivity contribution in [3.63, 3.8) is 0 Å². The molecule has 15 heavy (non-hydrogen) atoms. The molecule has 1 atom stereocenters. The molecule has 0 radical (unpaired) electrons. The smallest absolute Gasteiger partial charge is 0.212 e. The van der Waals surface area contributed by atoms with Gasteiger partial charge in [0, 0.05) is 6.42 Å². The van der Waals surface area contributed by atoms with E-state index in [1.807, 2.05) is 0 Å². The normalized spacial score (nSPS) is 23.5. The summed E-state index contributed by atoms with van der Waals surface area (Å²) >= 11 is 0. The van der Waals surface area contributed by atoms with Gasteiger partial charge in [-0.25, -0.2) is 4.39 Å². The van der Waals surface area contributed by atoms with Crippen LogP contribution in [0.1, 0.15) is 6.42 Å². The standard InChI is InChI=1S/C8H5F7/c9-6-2-4(7(10,11)12)1-5(3-6)8(13,14)15/h1-2,5H,3H2. The van der Waals surface area contributed by atoms with Crippen LogP contribution < -0.4 is 0 Å². The Bertz CT molecular complexity index is 304. The molecule has 1 unspecified atom stereocenters. The van der Waals surface area contributed by atoms with Crippen LogP contribution in [-0.4, -0.2) is 12.4 Å². The van der Waals surface area contributed by atoms with Crippen molar-refractivity contribution in [1.29, 1.82) is 0 Å². The lowest BCUT2D eigenvalue weighted by Gasteiger charge is -2.21. The van der Waals surface area contributed by atoms with Crippen LogP contribution in [-0.2, 0) is 0 Å². The molecule has 0 amide bonds. The minimum absolute atomic E-state index is 0.00306. The summed E-state index contributed by atoms with van der Waals surface area (Å²) in [4.78, 5) is 0. The first-order valence-corrected chi connectivity index (χ1v) is 3.82. The molecular formula is C8H5F7. The van der Waals surface area contributed by atoms with Crippen molar-refractivity contribution in [3.8, 4) is 0 Å². The first kappa shape index (κ1) is 12.1. The van der Waals surface area contributed by atoms with Gasteiger partial charge in [-0.05, 0) is 6.08 Å². The Morgan fingerprint density at radius 3 is 2.00 bits per heavy atom. The fraction of sp³-hybridized carbons (Fsp3) is 0.500. The Kier molecular flexibility index (Phi) is 2.84. The summed E-state index contributed by atoms with van der Waals surface area (Å²) < 4.78 is 84.9. The summed E-state index contributed by atoms with van der Waals surface area (Å²) in [6.07, 6.45) is -10.8. The molecule has 0 nitrogen and oxygen atoms in total. The van der Waals surface area contributed by atoms with Crippen molar-refractivity contribution in [2.24, 2.45) is 5.92 Å². The van der Waals surface area contributed by atoms with E-state index in [-0.39, 0.29) is 12.2 Å². The van der Waals surface area contributed by atoms with Gasteiger partial charge in [-0.15, -0.1) is 0 Å². The number of alkyl halides is 6. The molecule has 0 spiro atoms. The maximum atomic E-state index is 12.6. The highest BCUT2D eigenvalue weighted by Crippen LogP contribution is 2.40. The SMILES string of the molecule is FC1=CC(C(F)(F)F)=CC(C(F)(F)F)C1. The van der Waals surface area contributed by atoms with Crippen LogP contribution in [0, 0.1) is 5.92 Å². The number of hydrogen-bond acceptors (Lipinski definition) is 0. The summed E-state index contributed by atoms with van der Waals surface area (Å²) in [6, 6.07) is 0. The number of rotatable bonds is 0. The number of hydrogen-bond donors (Lipinski definition) is 0. The van der Waals surface area contributed by atoms with E-state index in [9.17, 15) is 30.7 Å². The monoisotopic (exact) mass is 234 g/mol. The van der Waals surface area contributed by atoms with Gasteiger partial charge < -0.3 is 0 Å². The second-order valence-electron chi connectivity index (χ2n) is 3.06. The molecule has 0 bridgehead atoms. The van der Waals surface area contributed by atoms with E-state index in [0.29, 0.717) is 0 Å². The minimum Gasteiger partial charge on any atom is -0.212 e. The Labute approximate surface area is 80.1 Å². The van der Waals surface area contributed by atoms with E-state index in [0.717, 1.165) is 0 Å². The van der Waals surface area contributed by atoms with Crippen LogP contribution in [0.3, 0.4) is 0 Å². The first-order chi connectivity index (χ1) is 6.60. The predicted molar refractivity (Wildman–Crippen MR) is 37.5 cm³/mol. The topological polar surface area (TPSA) is 0 Å². The molecule has 0 heterocycles. The quantitative estimate of drug-likeness (QED) is 0.557. The molecule has 86 valence electrons. The number of allylic oxidation sites excluding steroid dienone is 4. The van der Waals surface area contributed by atoms with Crippen LogP contribution in [0.4, 0.5) is 30.7 Å². The average molecular weight is 234 g/mol. The summed E-state index contributed by atoms with van der Waals surface area (Å²) in [7, 11) is 0. The molecule has 0 saturated heterocycles. The second kappa shape index (κ2) is 3.53. The lowest BCUT2D eigenvalue weighted by atomic mass is 9.94. The Hall–Kier alpha value is -1.01. The van der Waals surface area contributed by atoms with Crippen molar-refractivity contribution in [2.75, 3.05) is 0 Å². The molecule has 7 heteroatoms. The zero-order valence-corrected chi connectivity index (χ0v) is 7.08.